The number of aromatic amines is 1. The number of amides is 3. The first kappa shape index (κ1) is 92.5. The highest BCUT2D eigenvalue weighted by Gasteiger charge is 2.50. The summed E-state index contributed by atoms with van der Waals surface area (Å²) < 4.78 is 139. The van der Waals surface area contributed by atoms with Crippen LogP contribution in [0.4, 0.5) is 74.0 Å². The number of rotatable bonds is 14. The van der Waals surface area contributed by atoms with Crippen molar-refractivity contribution in [2.45, 2.75) is 91.9 Å². The lowest BCUT2D eigenvalue weighted by Gasteiger charge is -2.41. The minimum absolute atomic E-state index is 0. The first-order chi connectivity index (χ1) is 57.3. The number of hydrogen-bond acceptors (Lipinski definition) is 15. The third-order valence-corrected chi connectivity index (χ3v) is 24.4. The normalized spacial score (nSPS) is 17.4. The van der Waals surface area contributed by atoms with Gasteiger partial charge in [-0.05, 0) is 167 Å². The largest absolute Gasteiger partial charge is 0.523 e. The summed E-state index contributed by atoms with van der Waals surface area (Å²) in [5, 5.41) is 11.6. The van der Waals surface area contributed by atoms with Crippen LogP contribution < -0.4 is 46.9 Å². The first-order valence-electron chi connectivity index (χ1n) is 38.0. The Hall–Kier alpha value is -10.2. The number of carbonyl (C=O) groups is 3. The van der Waals surface area contributed by atoms with Gasteiger partial charge in [0.1, 0.15) is 53.0 Å². The zero-order valence-corrected chi connectivity index (χ0v) is 70.9. The van der Waals surface area contributed by atoms with Gasteiger partial charge in [0.2, 0.25) is 0 Å². The average Bonchev–Trinajstić information content (AvgIpc) is 1.52. The van der Waals surface area contributed by atoms with E-state index in [0.29, 0.717) is 168 Å². The second-order valence-corrected chi connectivity index (χ2v) is 32.6. The van der Waals surface area contributed by atoms with Gasteiger partial charge in [-0.15, -0.1) is 0 Å². The van der Waals surface area contributed by atoms with Crippen LogP contribution >= 0.6 is 69.6 Å². The van der Waals surface area contributed by atoms with Gasteiger partial charge in [-0.2, -0.15) is 34.8 Å². The van der Waals surface area contributed by atoms with Crippen LogP contribution in [0.2, 0.25) is 30.1 Å². The van der Waals surface area contributed by atoms with Crippen molar-refractivity contribution in [3.05, 3.63) is 275 Å². The number of carbonyl (C=O) groups excluding carboxylic acids is 3. The van der Waals surface area contributed by atoms with Crippen molar-refractivity contribution in [2.24, 2.45) is 0 Å². The third-order valence-electron chi connectivity index (χ3n) is 21.2. The number of hydrogen-bond donors (Lipinski definition) is 3. The lowest BCUT2D eigenvalue weighted by Crippen LogP contribution is -2.51. The number of alkyl halides is 6. The fourth-order valence-corrected chi connectivity index (χ4v) is 16.7. The van der Waals surface area contributed by atoms with Crippen molar-refractivity contribution in [2.75, 3.05) is 122 Å². The highest BCUT2D eigenvalue weighted by atomic mass is 35.5. The molecule has 3 saturated heterocycles. The summed E-state index contributed by atoms with van der Waals surface area (Å²) in [5.74, 6) is 0.791. The molecule has 6 aliphatic heterocycles. The standard InChI is InChI=1S/C28H30Cl2FN5O2.C26H26Cl2FN5O2.C24H22Cl2FN5O2.C3H2F6O3S.CH4/c1-4-34-18(3)26(28(38)33-14-12-32(13-15-33)21-9-7-20(31)8-10-21)27(19-6-11-22(29)23(30)16-19)36-24(34)17-25(37)35(36)5-2;1-3-33-23(35)15-22-30-16(2)24(25(34(22)33)17-4-9-20(27)21(28)14-17)26(36)32-12-10-31(11-13-32)19-7-5-18(29)6-8-19;1-14-22(24(34)31-10-8-30(9-11-31)17-5-3-16(27)4-6-17)23(15-2-7-18(25)19(26)12-15)32-20(28-14)13-21(33)29-32;4-2(5,6)1-12-13(10,11)3(7,8)9;/h6-11,16-17,27H,4-5,12-15H2,1-3H3;4-9,14-15,25,30H,3,10-13H2,1-2H3;2-7,12-13,23,28H,8-11H2,1H3,(H,29,33);1H2;1H4. The van der Waals surface area contributed by atoms with Gasteiger partial charge in [0, 0.05) is 151 Å². The second kappa shape index (κ2) is 38.3. The number of aromatic nitrogens is 6. The predicted octanol–water partition coefficient (Wildman–Crippen LogP) is 16.2. The van der Waals surface area contributed by atoms with Gasteiger partial charge >= 0.3 is 21.8 Å². The molecule has 0 saturated carbocycles. The Balaban J connectivity index is 0.000000166. The molecule has 3 atom stereocenters. The third kappa shape index (κ3) is 20.0. The van der Waals surface area contributed by atoms with Gasteiger partial charge in [0.15, 0.2) is 6.61 Å². The molecule has 0 spiro atoms. The molecule has 3 aromatic heterocycles. The van der Waals surface area contributed by atoms with Crippen molar-refractivity contribution in [3.63, 3.8) is 0 Å². The molecule has 15 rings (SSSR count). The molecule has 6 aromatic carbocycles. The number of halogens is 15. The van der Waals surface area contributed by atoms with Crippen molar-refractivity contribution in [1.82, 2.24) is 43.2 Å². The number of allylic oxidation sites excluding steroid dienone is 3. The molecular formula is C82H84Cl6F9N15O9S. The number of nitrogens with one attached hydrogen (secondary N) is 3. The minimum atomic E-state index is -6.15. The van der Waals surface area contributed by atoms with E-state index in [1.54, 1.807) is 110 Å². The van der Waals surface area contributed by atoms with Crippen LogP contribution in [0.5, 0.6) is 0 Å². The van der Waals surface area contributed by atoms with Crippen LogP contribution in [-0.4, -0.2) is 173 Å². The van der Waals surface area contributed by atoms with E-state index >= 15 is 0 Å². The van der Waals surface area contributed by atoms with Gasteiger partial charge < -0.3 is 44.9 Å². The Kier molecular flexibility index (Phi) is 29.0. The number of piperazine rings is 3. The summed E-state index contributed by atoms with van der Waals surface area (Å²) in [6.07, 6.45) is -5.13. The van der Waals surface area contributed by atoms with E-state index in [1.165, 1.54) is 42.5 Å². The molecule has 40 heteroatoms. The Labute approximate surface area is 725 Å². The smallest absolute Gasteiger partial charge is 0.368 e. The van der Waals surface area contributed by atoms with Crippen molar-refractivity contribution < 1.29 is 66.5 Å². The predicted molar refractivity (Wildman–Crippen MR) is 455 cm³/mol. The number of nitrogens with zero attached hydrogens (tertiary/aromatic N) is 12. The number of H-pyrrole nitrogens is 1. The minimum Gasteiger partial charge on any atom is -0.368 e. The first-order valence-corrected chi connectivity index (χ1v) is 41.6. The molecule has 9 aromatic rings. The fraction of sp³-hybridized carbons (Fsp3) is 0.341. The molecule has 6 aliphatic rings. The van der Waals surface area contributed by atoms with Gasteiger partial charge in [-0.3, -0.25) is 52.1 Å². The number of anilines is 6. The summed E-state index contributed by atoms with van der Waals surface area (Å²) in [6, 6.07) is 38.0. The van der Waals surface area contributed by atoms with Crippen LogP contribution in [0.3, 0.4) is 0 Å². The summed E-state index contributed by atoms with van der Waals surface area (Å²) in [6.45, 7) is 17.3. The Bertz CT molecular complexity index is 5790. The van der Waals surface area contributed by atoms with Crippen LogP contribution in [0.15, 0.2) is 194 Å². The summed E-state index contributed by atoms with van der Waals surface area (Å²) in [7, 11) is -6.15. The lowest BCUT2D eigenvalue weighted by molar-refractivity contribution is -0.156. The van der Waals surface area contributed by atoms with Crippen molar-refractivity contribution >= 4 is 132 Å². The zero-order chi connectivity index (χ0) is 87.6. The quantitative estimate of drug-likeness (QED) is 0.0522. The average molecular weight is 1840 g/mol. The molecule has 24 nitrogen and oxygen atoms in total. The van der Waals surface area contributed by atoms with Crippen LogP contribution in [0.1, 0.15) is 83.8 Å². The molecule has 3 amide bonds. The van der Waals surface area contributed by atoms with Gasteiger partial charge in [0.05, 0.1) is 46.9 Å². The molecule has 0 bridgehead atoms. The molecule has 3 fully saturated rings. The molecule has 652 valence electrons. The van der Waals surface area contributed by atoms with Gasteiger partial charge in [-0.1, -0.05) is 95.2 Å². The Morgan fingerprint density at radius 1 is 0.443 bits per heavy atom. The number of fused-ring (bicyclic) bond motifs is 3. The van der Waals surface area contributed by atoms with Crippen LogP contribution in [0, 0.1) is 17.5 Å². The summed E-state index contributed by atoms with van der Waals surface area (Å²) >= 11 is 37.6. The van der Waals surface area contributed by atoms with Crippen molar-refractivity contribution in [3.8, 4) is 0 Å². The van der Waals surface area contributed by atoms with E-state index in [0.717, 1.165) is 45.3 Å². The Morgan fingerprint density at radius 2 is 0.795 bits per heavy atom. The molecule has 0 aliphatic carbocycles. The van der Waals surface area contributed by atoms with E-state index in [4.69, 9.17) is 69.6 Å². The summed E-state index contributed by atoms with van der Waals surface area (Å²) in [5.41, 5.74) is 2.50. The molecule has 0 radical (unpaired) electrons. The van der Waals surface area contributed by atoms with E-state index in [1.807, 2.05) is 77.7 Å². The van der Waals surface area contributed by atoms with E-state index in [9.17, 15) is 76.7 Å². The SMILES string of the molecule is C.CC1=C(C(=O)N2CCN(c3ccc(F)cc3)CC2)C(c2ccc(Cl)c(Cl)c2)n2[nH]c(=O)cc2N1.CCN1C(C)=C(C(=O)N2CCN(c3ccc(F)cc3)CC2)C(c2ccc(Cl)c(Cl)c2)n2c1cc(=O)n2CC.CCn1c(=O)cc2n1C(c1ccc(Cl)c(Cl)c1)C(C(=O)N1CCN(c3ccc(F)cc3)CC1)=C(C)N2.O=S(=O)(OCC(F)(F)F)C(F)(F)F. The Morgan fingerprint density at radius 3 is 1.16 bits per heavy atom. The fourth-order valence-electron chi connectivity index (χ4n) is 15.3. The summed E-state index contributed by atoms with van der Waals surface area (Å²) in [4.78, 5) is 93.9. The highest BCUT2D eigenvalue weighted by Crippen LogP contribution is 2.44. The van der Waals surface area contributed by atoms with Gasteiger partial charge in [0.25, 0.3) is 34.4 Å². The highest BCUT2D eigenvalue weighted by molar-refractivity contribution is 7.87. The molecular weight excluding hydrogens is 1750 g/mol. The van der Waals surface area contributed by atoms with E-state index in [-0.39, 0.29) is 59.3 Å². The maximum absolute atomic E-state index is 14.3. The number of benzene rings is 6. The van der Waals surface area contributed by atoms with Crippen molar-refractivity contribution in [1.29, 1.82) is 0 Å². The van der Waals surface area contributed by atoms with E-state index in [2.05, 4.69) is 34.6 Å². The second-order valence-electron chi connectivity index (χ2n) is 28.5. The van der Waals surface area contributed by atoms with Crippen LogP contribution in [0.25, 0.3) is 0 Å². The molecule has 122 heavy (non-hydrogen) atoms. The van der Waals surface area contributed by atoms with Crippen LogP contribution in [-0.2, 0) is 41.8 Å². The monoisotopic (exact) mass is 1840 g/mol. The van der Waals surface area contributed by atoms with E-state index < -0.39 is 46.5 Å². The zero-order valence-electron chi connectivity index (χ0n) is 65.5. The molecule has 3 unspecified atom stereocenters. The van der Waals surface area contributed by atoms with Gasteiger partial charge in [-0.25, -0.2) is 22.5 Å². The maximum atomic E-state index is 14.3. The molecule has 9 heterocycles. The topological polar surface area (TPSA) is 233 Å². The molecule has 3 N–H and O–H groups in total. The maximum Gasteiger partial charge on any atom is 0.523 e. The lowest BCUT2D eigenvalue weighted by atomic mass is 9.93.